The zero-order chi connectivity index (χ0) is 18.8. The van der Waals surface area contributed by atoms with Crippen molar-refractivity contribution in [3.63, 3.8) is 0 Å². The van der Waals surface area contributed by atoms with Crippen LogP contribution in [0.3, 0.4) is 0 Å². The van der Waals surface area contributed by atoms with Gasteiger partial charge in [-0.15, -0.1) is 0 Å². The van der Waals surface area contributed by atoms with E-state index in [4.69, 9.17) is 11.6 Å². The van der Waals surface area contributed by atoms with E-state index >= 15 is 0 Å². The Balaban J connectivity index is 1.77. The minimum Gasteiger partial charge on any atom is -0.310 e. The summed E-state index contributed by atoms with van der Waals surface area (Å²) in [5.74, 6) is 0.104. The molecule has 27 heavy (non-hydrogen) atoms. The molecule has 0 N–H and O–H groups in total. The Morgan fingerprint density at radius 2 is 1.85 bits per heavy atom. The molecule has 3 nitrogen and oxygen atoms in total. The molecular formula is C22H22ClFN2O. The maximum atomic E-state index is 14.5. The Hall–Kier alpha value is -2.20. The number of rotatable bonds is 3. The normalized spacial score (nSPS) is 18.1. The van der Waals surface area contributed by atoms with E-state index in [-0.39, 0.29) is 18.3 Å². The van der Waals surface area contributed by atoms with Gasteiger partial charge in [0.05, 0.1) is 11.4 Å². The Kier molecular flexibility index (Phi) is 5.26. The number of amides is 1. The molecule has 0 aromatic heterocycles. The van der Waals surface area contributed by atoms with E-state index < -0.39 is 0 Å². The van der Waals surface area contributed by atoms with Gasteiger partial charge in [-0.1, -0.05) is 43.0 Å². The van der Waals surface area contributed by atoms with Crippen molar-refractivity contribution >= 4 is 28.9 Å². The fourth-order valence-electron chi connectivity index (χ4n) is 4.10. The van der Waals surface area contributed by atoms with Crippen molar-refractivity contribution in [3.05, 3.63) is 64.4 Å². The topological polar surface area (TPSA) is 32.7 Å². The average molecular weight is 385 g/mol. The molecule has 2 aromatic carbocycles. The molecule has 4 rings (SSSR count). The number of fused-ring (bicyclic) bond motifs is 1. The van der Waals surface area contributed by atoms with Crippen molar-refractivity contribution in [3.8, 4) is 0 Å². The molecule has 1 aliphatic heterocycles. The van der Waals surface area contributed by atoms with Crippen molar-refractivity contribution in [2.75, 3.05) is 18.0 Å². The summed E-state index contributed by atoms with van der Waals surface area (Å²) in [7, 11) is 0. The lowest BCUT2D eigenvalue weighted by Gasteiger charge is -2.30. The Morgan fingerprint density at radius 1 is 1.07 bits per heavy atom. The first-order valence-electron chi connectivity index (χ1n) is 9.53. The van der Waals surface area contributed by atoms with Gasteiger partial charge in [-0.25, -0.2) is 4.39 Å². The molecule has 0 bridgehead atoms. The van der Waals surface area contributed by atoms with E-state index in [1.807, 2.05) is 11.0 Å². The highest BCUT2D eigenvalue weighted by Gasteiger charge is 2.28. The third kappa shape index (κ3) is 3.77. The number of benzodiazepines with no additional fused rings is 1. The Labute approximate surface area is 163 Å². The number of aliphatic imine (C=N–C) groups is 1. The second kappa shape index (κ2) is 7.81. The van der Waals surface area contributed by atoms with Crippen LogP contribution in [0.2, 0.25) is 5.02 Å². The lowest BCUT2D eigenvalue weighted by molar-refractivity contribution is -0.117. The highest BCUT2D eigenvalue weighted by atomic mass is 35.5. The number of carbonyl (C=O) groups is 1. The zero-order valence-corrected chi connectivity index (χ0v) is 15.9. The predicted molar refractivity (Wildman–Crippen MR) is 107 cm³/mol. The van der Waals surface area contributed by atoms with Gasteiger partial charge in [0.15, 0.2) is 0 Å². The molecular weight excluding hydrogens is 363 g/mol. The molecule has 0 spiro atoms. The van der Waals surface area contributed by atoms with Crippen LogP contribution in [-0.4, -0.2) is 24.7 Å². The van der Waals surface area contributed by atoms with Crippen molar-refractivity contribution in [1.82, 2.24) is 0 Å². The second-order valence-electron chi connectivity index (χ2n) is 7.31. The molecule has 1 heterocycles. The van der Waals surface area contributed by atoms with Crippen LogP contribution in [0, 0.1) is 11.7 Å². The summed E-state index contributed by atoms with van der Waals surface area (Å²) < 4.78 is 14.5. The first-order valence-corrected chi connectivity index (χ1v) is 9.91. The van der Waals surface area contributed by atoms with E-state index in [0.717, 1.165) is 18.5 Å². The van der Waals surface area contributed by atoms with Gasteiger partial charge < -0.3 is 4.90 Å². The molecule has 1 amide bonds. The first-order chi connectivity index (χ1) is 13.1. The van der Waals surface area contributed by atoms with E-state index in [0.29, 0.717) is 34.3 Å². The molecule has 1 saturated carbocycles. The van der Waals surface area contributed by atoms with Crippen molar-refractivity contribution in [2.45, 2.75) is 32.1 Å². The van der Waals surface area contributed by atoms with E-state index in [1.165, 1.54) is 25.3 Å². The van der Waals surface area contributed by atoms with E-state index in [1.54, 1.807) is 30.3 Å². The van der Waals surface area contributed by atoms with Crippen LogP contribution in [0.1, 0.15) is 43.2 Å². The molecule has 1 aliphatic carbocycles. The number of hydrogen-bond acceptors (Lipinski definition) is 2. The first kappa shape index (κ1) is 18.2. The highest BCUT2D eigenvalue weighted by molar-refractivity contribution is 6.32. The van der Waals surface area contributed by atoms with Crippen LogP contribution in [-0.2, 0) is 4.79 Å². The van der Waals surface area contributed by atoms with Crippen LogP contribution in [0.15, 0.2) is 47.5 Å². The summed E-state index contributed by atoms with van der Waals surface area (Å²) in [4.78, 5) is 19.2. The van der Waals surface area contributed by atoms with Crippen LogP contribution >= 0.6 is 11.6 Å². The Bertz CT molecular complexity index is 890. The molecule has 2 aromatic rings. The molecule has 0 radical (unpaired) electrons. The molecule has 140 valence electrons. The molecule has 0 saturated heterocycles. The van der Waals surface area contributed by atoms with Crippen LogP contribution in [0.25, 0.3) is 0 Å². The number of benzene rings is 2. The van der Waals surface area contributed by atoms with Crippen molar-refractivity contribution in [1.29, 1.82) is 0 Å². The molecule has 2 aliphatic rings. The largest absolute Gasteiger partial charge is 0.310 e. The van der Waals surface area contributed by atoms with Gasteiger partial charge in [0.2, 0.25) is 5.91 Å². The quantitative estimate of drug-likeness (QED) is 0.711. The van der Waals surface area contributed by atoms with Gasteiger partial charge in [0, 0.05) is 22.7 Å². The summed E-state index contributed by atoms with van der Waals surface area (Å²) >= 11 is 6.25. The van der Waals surface area contributed by atoms with Crippen LogP contribution in [0.5, 0.6) is 0 Å². The molecule has 0 unspecified atom stereocenters. The predicted octanol–water partition coefficient (Wildman–Crippen LogP) is 5.24. The SMILES string of the molecule is O=C1CN=C(c2ccccc2F)c2cc(Cl)ccc2N1CC1CCCCC1. The number of anilines is 1. The average Bonchev–Trinajstić information content (AvgIpc) is 2.80. The van der Waals surface area contributed by atoms with Crippen LogP contribution < -0.4 is 4.90 Å². The third-order valence-corrected chi connectivity index (χ3v) is 5.71. The van der Waals surface area contributed by atoms with E-state index in [2.05, 4.69) is 4.99 Å². The van der Waals surface area contributed by atoms with Gasteiger partial charge in [0.1, 0.15) is 12.4 Å². The number of carbonyl (C=O) groups excluding carboxylic acids is 1. The van der Waals surface area contributed by atoms with Gasteiger partial charge in [0.25, 0.3) is 0 Å². The van der Waals surface area contributed by atoms with Crippen molar-refractivity contribution < 1.29 is 9.18 Å². The summed E-state index contributed by atoms with van der Waals surface area (Å²) in [5.41, 5.74) is 2.38. The maximum absolute atomic E-state index is 14.5. The minimum absolute atomic E-state index is 0.0166. The summed E-state index contributed by atoms with van der Waals surface area (Å²) in [6.07, 6.45) is 6.01. The monoisotopic (exact) mass is 384 g/mol. The fraction of sp³-hybridized carbons (Fsp3) is 0.364. The van der Waals surface area contributed by atoms with Gasteiger partial charge in [-0.3, -0.25) is 9.79 Å². The zero-order valence-electron chi connectivity index (χ0n) is 15.1. The maximum Gasteiger partial charge on any atom is 0.248 e. The van der Waals surface area contributed by atoms with E-state index in [9.17, 15) is 9.18 Å². The van der Waals surface area contributed by atoms with Crippen LogP contribution in [0.4, 0.5) is 10.1 Å². The lowest BCUT2D eigenvalue weighted by Crippen LogP contribution is -2.37. The number of hydrogen-bond donors (Lipinski definition) is 0. The number of halogens is 2. The Morgan fingerprint density at radius 3 is 2.63 bits per heavy atom. The smallest absolute Gasteiger partial charge is 0.248 e. The summed E-state index contributed by atoms with van der Waals surface area (Å²) in [5, 5.41) is 0.546. The summed E-state index contributed by atoms with van der Waals surface area (Å²) in [6.45, 7) is 0.705. The van der Waals surface area contributed by atoms with Gasteiger partial charge in [-0.2, -0.15) is 0 Å². The molecule has 1 fully saturated rings. The second-order valence-corrected chi connectivity index (χ2v) is 7.75. The molecule has 0 atom stereocenters. The lowest BCUT2D eigenvalue weighted by atomic mass is 9.88. The minimum atomic E-state index is -0.352. The highest BCUT2D eigenvalue weighted by Crippen LogP contribution is 2.33. The van der Waals surface area contributed by atoms with Gasteiger partial charge >= 0.3 is 0 Å². The standard InChI is InChI=1S/C22H22ClFN2O/c23-16-10-11-20-18(12-16)22(17-8-4-5-9-19(17)24)25-13-21(27)26(20)14-15-6-2-1-3-7-15/h4-5,8-12,15H,1-3,6-7,13-14H2. The third-order valence-electron chi connectivity index (χ3n) is 5.47. The number of nitrogens with zero attached hydrogens (tertiary/aromatic N) is 2. The fourth-order valence-corrected chi connectivity index (χ4v) is 4.27. The summed E-state index contributed by atoms with van der Waals surface area (Å²) in [6, 6.07) is 12.0. The van der Waals surface area contributed by atoms with Gasteiger partial charge in [-0.05, 0) is 49.1 Å². The van der Waals surface area contributed by atoms with Crippen molar-refractivity contribution in [2.24, 2.45) is 10.9 Å². The molecule has 5 heteroatoms.